The number of rotatable bonds is 3. The minimum atomic E-state index is -4.45. The second-order valence-corrected chi connectivity index (χ2v) is 8.30. The van der Waals surface area contributed by atoms with Gasteiger partial charge in [0.25, 0.3) is 0 Å². The maximum Gasteiger partial charge on any atom is 0.416 e. The third-order valence-electron chi connectivity index (χ3n) is 4.31. The standard InChI is InChI=1S/C17H15ClF4N2O2S/c18-14-5-2-6-15(16(14)19)27(25,26)24-9-7-23(8-10-24)13-4-1-3-12(11-13)17(20,21)22/h1-6,11H,7-10H2. The number of nitrogens with zero attached hydrogens (tertiary/aromatic N) is 2. The molecule has 4 nitrogen and oxygen atoms in total. The lowest BCUT2D eigenvalue weighted by molar-refractivity contribution is -0.137. The van der Waals surface area contributed by atoms with Crippen molar-refractivity contribution in [3.05, 3.63) is 58.9 Å². The van der Waals surface area contributed by atoms with Gasteiger partial charge >= 0.3 is 6.18 Å². The zero-order valence-electron chi connectivity index (χ0n) is 13.9. The van der Waals surface area contributed by atoms with Crippen LogP contribution in [0.1, 0.15) is 5.56 Å². The summed E-state index contributed by atoms with van der Waals surface area (Å²) < 4.78 is 79.1. The van der Waals surface area contributed by atoms with Crippen molar-refractivity contribution in [1.82, 2.24) is 4.31 Å². The van der Waals surface area contributed by atoms with E-state index in [1.165, 1.54) is 24.3 Å². The van der Waals surface area contributed by atoms with Gasteiger partial charge in [0.05, 0.1) is 10.6 Å². The lowest BCUT2D eigenvalue weighted by Gasteiger charge is -2.35. The molecule has 10 heteroatoms. The van der Waals surface area contributed by atoms with Gasteiger partial charge in [0.15, 0.2) is 5.82 Å². The molecule has 146 valence electrons. The number of piperazine rings is 1. The first-order chi connectivity index (χ1) is 12.6. The third-order valence-corrected chi connectivity index (χ3v) is 6.52. The van der Waals surface area contributed by atoms with E-state index < -0.39 is 32.5 Å². The van der Waals surface area contributed by atoms with Crippen molar-refractivity contribution >= 4 is 27.3 Å². The SMILES string of the molecule is O=S(=O)(c1cccc(Cl)c1F)N1CCN(c2cccc(C(F)(F)F)c2)CC1. The van der Waals surface area contributed by atoms with Gasteiger partial charge in [0.2, 0.25) is 10.0 Å². The van der Waals surface area contributed by atoms with Crippen LogP contribution in [-0.2, 0) is 16.2 Å². The fourth-order valence-electron chi connectivity index (χ4n) is 2.89. The Bertz CT molecular complexity index is 942. The number of benzene rings is 2. The number of hydrogen-bond acceptors (Lipinski definition) is 3. The Hall–Kier alpha value is -1.84. The average molecular weight is 423 g/mol. The molecule has 0 unspecified atom stereocenters. The zero-order valence-corrected chi connectivity index (χ0v) is 15.5. The minimum Gasteiger partial charge on any atom is -0.369 e. The average Bonchev–Trinajstić information content (AvgIpc) is 2.63. The van der Waals surface area contributed by atoms with Crippen molar-refractivity contribution in [1.29, 1.82) is 0 Å². The molecule has 0 spiro atoms. The highest BCUT2D eigenvalue weighted by molar-refractivity contribution is 7.89. The fourth-order valence-corrected chi connectivity index (χ4v) is 4.63. The van der Waals surface area contributed by atoms with Gasteiger partial charge in [-0.15, -0.1) is 0 Å². The Balaban J connectivity index is 1.77. The number of alkyl halides is 3. The summed E-state index contributed by atoms with van der Waals surface area (Å²) in [6, 6.07) is 8.58. The first kappa shape index (κ1) is 19.9. The molecule has 0 radical (unpaired) electrons. The number of hydrogen-bond donors (Lipinski definition) is 0. The van der Waals surface area contributed by atoms with E-state index in [-0.39, 0.29) is 31.2 Å². The predicted octanol–water partition coefficient (Wildman–Crippen LogP) is 4.01. The Morgan fingerprint density at radius 2 is 1.59 bits per heavy atom. The molecular weight excluding hydrogens is 408 g/mol. The van der Waals surface area contributed by atoms with Crippen molar-refractivity contribution in [3.8, 4) is 0 Å². The zero-order chi connectivity index (χ0) is 19.8. The number of anilines is 1. The summed E-state index contributed by atoms with van der Waals surface area (Å²) in [6.07, 6.45) is -4.45. The fraction of sp³-hybridized carbons (Fsp3) is 0.294. The molecule has 0 aliphatic carbocycles. The van der Waals surface area contributed by atoms with Gasteiger partial charge in [-0.1, -0.05) is 23.7 Å². The molecule has 1 heterocycles. The molecule has 0 amide bonds. The summed E-state index contributed by atoms with van der Waals surface area (Å²) in [6.45, 7) is 0.403. The van der Waals surface area contributed by atoms with Gasteiger partial charge in [-0.3, -0.25) is 0 Å². The van der Waals surface area contributed by atoms with E-state index in [0.29, 0.717) is 5.69 Å². The van der Waals surface area contributed by atoms with Crippen molar-refractivity contribution < 1.29 is 26.0 Å². The second kappa shape index (κ2) is 7.29. The monoisotopic (exact) mass is 422 g/mol. The number of halogens is 5. The van der Waals surface area contributed by atoms with Crippen LogP contribution in [0.5, 0.6) is 0 Å². The molecule has 2 aromatic rings. The first-order valence-electron chi connectivity index (χ1n) is 7.97. The smallest absolute Gasteiger partial charge is 0.369 e. The van der Waals surface area contributed by atoms with E-state index >= 15 is 0 Å². The molecule has 0 N–H and O–H groups in total. The largest absolute Gasteiger partial charge is 0.416 e. The minimum absolute atomic E-state index is 0.0184. The first-order valence-corrected chi connectivity index (χ1v) is 9.79. The molecule has 27 heavy (non-hydrogen) atoms. The van der Waals surface area contributed by atoms with Crippen LogP contribution in [0, 0.1) is 5.82 Å². The number of sulfonamides is 1. The second-order valence-electron chi connectivity index (χ2n) is 5.99. The van der Waals surface area contributed by atoms with Crippen LogP contribution in [0.4, 0.5) is 23.2 Å². The quantitative estimate of drug-likeness (QED) is 0.702. The predicted molar refractivity (Wildman–Crippen MR) is 93.8 cm³/mol. The third kappa shape index (κ3) is 4.04. The van der Waals surface area contributed by atoms with Crippen molar-refractivity contribution in [2.24, 2.45) is 0 Å². The Kier molecular flexibility index (Phi) is 5.38. The van der Waals surface area contributed by atoms with E-state index in [9.17, 15) is 26.0 Å². The van der Waals surface area contributed by atoms with Gasteiger partial charge in [0.1, 0.15) is 4.90 Å². The van der Waals surface area contributed by atoms with Crippen LogP contribution in [0.15, 0.2) is 47.4 Å². The van der Waals surface area contributed by atoms with Crippen LogP contribution in [-0.4, -0.2) is 38.9 Å². The van der Waals surface area contributed by atoms with Crippen molar-refractivity contribution in [2.45, 2.75) is 11.1 Å². The van der Waals surface area contributed by atoms with Gasteiger partial charge in [-0.05, 0) is 30.3 Å². The van der Waals surface area contributed by atoms with Crippen LogP contribution in [0.2, 0.25) is 5.02 Å². The highest BCUT2D eigenvalue weighted by atomic mass is 35.5. The van der Waals surface area contributed by atoms with Gasteiger partial charge in [0, 0.05) is 31.9 Å². The topological polar surface area (TPSA) is 40.6 Å². The van der Waals surface area contributed by atoms with E-state index in [0.717, 1.165) is 22.5 Å². The molecule has 0 atom stereocenters. The molecular formula is C17H15ClF4N2O2S. The van der Waals surface area contributed by atoms with Crippen molar-refractivity contribution in [3.63, 3.8) is 0 Å². The normalized spacial score (nSPS) is 16.6. The van der Waals surface area contributed by atoms with E-state index in [2.05, 4.69) is 0 Å². The molecule has 0 saturated carbocycles. The Morgan fingerprint density at radius 3 is 2.22 bits per heavy atom. The van der Waals surface area contributed by atoms with Gasteiger partial charge in [-0.25, -0.2) is 12.8 Å². The van der Waals surface area contributed by atoms with E-state index in [1.54, 1.807) is 4.90 Å². The molecule has 2 aromatic carbocycles. The summed E-state index contributed by atoms with van der Waals surface area (Å²) in [5.74, 6) is -1.01. The Morgan fingerprint density at radius 1 is 0.963 bits per heavy atom. The van der Waals surface area contributed by atoms with Gasteiger partial charge in [-0.2, -0.15) is 17.5 Å². The molecule has 1 fully saturated rings. The molecule has 1 aliphatic heterocycles. The van der Waals surface area contributed by atoms with Crippen LogP contribution in [0.25, 0.3) is 0 Å². The summed E-state index contributed by atoms with van der Waals surface area (Å²) >= 11 is 5.66. The van der Waals surface area contributed by atoms with Crippen LogP contribution < -0.4 is 4.90 Å². The molecule has 3 rings (SSSR count). The summed E-state index contributed by atoms with van der Waals surface area (Å²) in [5.41, 5.74) is -0.410. The van der Waals surface area contributed by atoms with E-state index in [4.69, 9.17) is 11.6 Å². The van der Waals surface area contributed by atoms with Crippen LogP contribution in [0.3, 0.4) is 0 Å². The van der Waals surface area contributed by atoms with Crippen molar-refractivity contribution in [2.75, 3.05) is 31.1 Å². The van der Waals surface area contributed by atoms with Gasteiger partial charge < -0.3 is 4.90 Å². The molecule has 1 saturated heterocycles. The lowest BCUT2D eigenvalue weighted by atomic mass is 10.1. The summed E-state index contributed by atoms with van der Waals surface area (Å²) in [7, 11) is -4.09. The molecule has 0 bridgehead atoms. The summed E-state index contributed by atoms with van der Waals surface area (Å²) in [4.78, 5) is 1.15. The van der Waals surface area contributed by atoms with E-state index in [1.807, 2.05) is 0 Å². The molecule has 0 aromatic heterocycles. The Labute approximate surface area is 159 Å². The maximum atomic E-state index is 14.1. The maximum absolute atomic E-state index is 14.1. The summed E-state index contributed by atoms with van der Waals surface area (Å²) in [5, 5.41) is -0.293. The highest BCUT2D eigenvalue weighted by Crippen LogP contribution is 2.32. The van der Waals surface area contributed by atoms with Crippen LogP contribution >= 0.6 is 11.6 Å². The lowest BCUT2D eigenvalue weighted by Crippen LogP contribution is -2.48. The molecule has 1 aliphatic rings. The highest BCUT2D eigenvalue weighted by Gasteiger charge is 2.33.